The van der Waals surface area contributed by atoms with Gasteiger partial charge in [0, 0.05) is 6.04 Å². The Morgan fingerprint density at radius 2 is 1.79 bits per heavy atom. The second-order valence-electron chi connectivity index (χ2n) is 6.78. The van der Waals surface area contributed by atoms with Crippen LogP contribution in [0.2, 0.25) is 0 Å². The lowest BCUT2D eigenvalue weighted by atomic mass is 9.71. The van der Waals surface area contributed by atoms with Crippen molar-refractivity contribution in [2.75, 3.05) is 6.61 Å². The van der Waals surface area contributed by atoms with E-state index in [-0.39, 0.29) is 5.97 Å². The first kappa shape index (κ1) is 14.8. The van der Waals surface area contributed by atoms with Crippen molar-refractivity contribution in [1.82, 2.24) is 5.32 Å². The monoisotopic (exact) mass is 267 g/mol. The third-order valence-electron chi connectivity index (χ3n) is 4.70. The van der Waals surface area contributed by atoms with Gasteiger partial charge in [-0.2, -0.15) is 0 Å². The highest BCUT2D eigenvalue weighted by Gasteiger charge is 2.46. The Labute approximate surface area is 117 Å². The summed E-state index contributed by atoms with van der Waals surface area (Å²) in [5.41, 5.74) is -0.415. The summed E-state index contributed by atoms with van der Waals surface area (Å²) in [5.74, 6) is 1.18. The van der Waals surface area contributed by atoms with Gasteiger partial charge < -0.3 is 4.74 Å². The zero-order chi connectivity index (χ0) is 13.9. The molecule has 0 spiro atoms. The number of hydrogen-bond donors (Lipinski definition) is 1. The molecule has 110 valence electrons. The van der Waals surface area contributed by atoms with Crippen LogP contribution in [0.4, 0.5) is 0 Å². The van der Waals surface area contributed by atoms with Gasteiger partial charge in [0.05, 0.1) is 6.61 Å². The standard InChI is InChI=1S/C16H29NO2/c1-4-19-15(18)16(17-14-7-5-6-8-14)10-12(2)9-13(3)11-16/h12-14,17H,4-11H2,1-3H3. The molecule has 0 aromatic carbocycles. The topological polar surface area (TPSA) is 38.3 Å². The van der Waals surface area contributed by atoms with Gasteiger partial charge in [0.1, 0.15) is 5.54 Å². The van der Waals surface area contributed by atoms with E-state index in [2.05, 4.69) is 19.2 Å². The van der Waals surface area contributed by atoms with Crippen molar-refractivity contribution in [3.63, 3.8) is 0 Å². The van der Waals surface area contributed by atoms with Gasteiger partial charge in [0.2, 0.25) is 0 Å². The van der Waals surface area contributed by atoms with Gasteiger partial charge in [-0.05, 0) is 50.9 Å². The molecule has 0 amide bonds. The number of nitrogens with one attached hydrogen (secondary N) is 1. The minimum Gasteiger partial charge on any atom is -0.465 e. The fourth-order valence-electron chi connectivity index (χ4n) is 4.20. The first-order chi connectivity index (χ1) is 9.05. The molecule has 0 heterocycles. The van der Waals surface area contributed by atoms with E-state index in [1.54, 1.807) is 0 Å². The fraction of sp³-hybridized carbons (Fsp3) is 0.938. The Hall–Kier alpha value is -0.570. The van der Waals surface area contributed by atoms with E-state index in [1.165, 1.54) is 32.1 Å². The third kappa shape index (κ3) is 3.50. The molecule has 0 aromatic rings. The van der Waals surface area contributed by atoms with Crippen LogP contribution >= 0.6 is 0 Å². The number of ether oxygens (including phenoxy) is 1. The van der Waals surface area contributed by atoms with E-state index in [9.17, 15) is 4.79 Å². The molecule has 2 rings (SSSR count). The second-order valence-corrected chi connectivity index (χ2v) is 6.78. The molecular weight excluding hydrogens is 238 g/mol. The van der Waals surface area contributed by atoms with Crippen molar-refractivity contribution in [1.29, 1.82) is 0 Å². The molecule has 2 aliphatic carbocycles. The maximum Gasteiger partial charge on any atom is 0.326 e. The Morgan fingerprint density at radius 3 is 2.32 bits per heavy atom. The molecule has 3 heteroatoms. The van der Waals surface area contributed by atoms with Crippen molar-refractivity contribution >= 4 is 5.97 Å². The largest absolute Gasteiger partial charge is 0.465 e. The Balaban J connectivity index is 2.13. The molecular formula is C16H29NO2. The zero-order valence-corrected chi connectivity index (χ0v) is 12.7. The fourth-order valence-corrected chi connectivity index (χ4v) is 4.20. The van der Waals surface area contributed by atoms with Crippen LogP contribution in [0.3, 0.4) is 0 Å². The van der Waals surface area contributed by atoms with Crippen LogP contribution in [-0.2, 0) is 9.53 Å². The molecule has 2 unspecified atom stereocenters. The van der Waals surface area contributed by atoms with Crippen LogP contribution in [0.5, 0.6) is 0 Å². The number of rotatable bonds is 4. The lowest BCUT2D eigenvalue weighted by Gasteiger charge is -2.43. The van der Waals surface area contributed by atoms with Gasteiger partial charge in [0.15, 0.2) is 0 Å². The minimum absolute atomic E-state index is 0.0136. The van der Waals surface area contributed by atoms with Crippen molar-refractivity contribution < 1.29 is 9.53 Å². The smallest absolute Gasteiger partial charge is 0.326 e. The van der Waals surface area contributed by atoms with E-state index < -0.39 is 5.54 Å². The highest BCUT2D eigenvalue weighted by atomic mass is 16.5. The predicted octanol–water partition coefficient (Wildman–Crippen LogP) is 3.28. The molecule has 2 saturated carbocycles. The molecule has 2 fully saturated rings. The summed E-state index contributed by atoms with van der Waals surface area (Å²) in [6.07, 6.45) is 8.12. The molecule has 3 nitrogen and oxygen atoms in total. The van der Waals surface area contributed by atoms with E-state index >= 15 is 0 Å². The van der Waals surface area contributed by atoms with Crippen LogP contribution in [-0.4, -0.2) is 24.2 Å². The summed E-state index contributed by atoms with van der Waals surface area (Å²) < 4.78 is 5.39. The Bertz CT molecular complexity index is 300. The van der Waals surface area contributed by atoms with Crippen molar-refractivity contribution in [3.8, 4) is 0 Å². The second kappa shape index (κ2) is 6.25. The van der Waals surface area contributed by atoms with Crippen LogP contribution in [0.1, 0.15) is 65.7 Å². The van der Waals surface area contributed by atoms with Crippen LogP contribution in [0, 0.1) is 11.8 Å². The van der Waals surface area contributed by atoms with Crippen molar-refractivity contribution in [2.45, 2.75) is 77.3 Å². The number of hydrogen-bond acceptors (Lipinski definition) is 3. The van der Waals surface area contributed by atoms with E-state index in [1.807, 2.05) is 6.92 Å². The van der Waals surface area contributed by atoms with Crippen LogP contribution in [0.25, 0.3) is 0 Å². The van der Waals surface area contributed by atoms with Gasteiger partial charge in [-0.1, -0.05) is 26.7 Å². The highest BCUT2D eigenvalue weighted by molar-refractivity contribution is 5.81. The number of carbonyl (C=O) groups excluding carboxylic acids is 1. The highest BCUT2D eigenvalue weighted by Crippen LogP contribution is 2.38. The molecule has 1 N–H and O–H groups in total. The molecule has 0 aromatic heterocycles. The summed E-state index contributed by atoms with van der Waals surface area (Å²) in [5, 5.41) is 3.70. The molecule has 2 atom stereocenters. The number of carbonyl (C=O) groups is 1. The van der Waals surface area contributed by atoms with E-state index in [4.69, 9.17) is 4.74 Å². The summed E-state index contributed by atoms with van der Waals surface area (Å²) in [6, 6.07) is 0.516. The van der Waals surface area contributed by atoms with Crippen LogP contribution < -0.4 is 5.32 Å². The maximum atomic E-state index is 12.5. The summed E-state index contributed by atoms with van der Waals surface area (Å²) in [6.45, 7) is 6.91. The average molecular weight is 267 g/mol. The lowest BCUT2D eigenvalue weighted by Crippen LogP contribution is -2.59. The minimum atomic E-state index is -0.415. The Kier molecular flexibility index (Phi) is 4.88. The summed E-state index contributed by atoms with van der Waals surface area (Å²) in [7, 11) is 0. The number of esters is 1. The van der Waals surface area contributed by atoms with Crippen LogP contribution in [0.15, 0.2) is 0 Å². The summed E-state index contributed by atoms with van der Waals surface area (Å²) >= 11 is 0. The predicted molar refractivity (Wildman–Crippen MR) is 76.9 cm³/mol. The van der Waals surface area contributed by atoms with E-state index in [0.717, 1.165) is 12.8 Å². The van der Waals surface area contributed by atoms with Gasteiger partial charge in [-0.15, -0.1) is 0 Å². The molecule has 0 aliphatic heterocycles. The normalized spacial score (nSPS) is 36.4. The molecule has 0 radical (unpaired) electrons. The quantitative estimate of drug-likeness (QED) is 0.794. The van der Waals surface area contributed by atoms with Gasteiger partial charge in [-0.3, -0.25) is 10.1 Å². The van der Waals surface area contributed by atoms with Gasteiger partial charge in [0.25, 0.3) is 0 Å². The zero-order valence-electron chi connectivity index (χ0n) is 12.7. The molecule has 0 saturated heterocycles. The summed E-state index contributed by atoms with van der Waals surface area (Å²) in [4.78, 5) is 12.5. The first-order valence-electron chi connectivity index (χ1n) is 8.00. The maximum absolute atomic E-state index is 12.5. The molecule has 0 bridgehead atoms. The molecule has 19 heavy (non-hydrogen) atoms. The van der Waals surface area contributed by atoms with Crippen molar-refractivity contribution in [2.24, 2.45) is 11.8 Å². The Morgan fingerprint density at radius 1 is 1.21 bits per heavy atom. The van der Waals surface area contributed by atoms with Crippen molar-refractivity contribution in [3.05, 3.63) is 0 Å². The van der Waals surface area contributed by atoms with E-state index in [0.29, 0.717) is 24.5 Å². The molecule has 2 aliphatic rings. The van der Waals surface area contributed by atoms with Gasteiger partial charge in [-0.25, -0.2) is 0 Å². The average Bonchev–Trinajstić information content (AvgIpc) is 2.80. The third-order valence-corrected chi connectivity index (χ3v) is 4.70. The SMILES string of the molecule is CCOC(=O)C1(NC2CCCC2)CC(C)CC(C)C1. The lowest BCUT2D eigenvalue weighted by molar-refractivity contribution is -0.155. The first-order valence-corrected chi connectivity index (χ1v) is 8.00. The van der Waals surface area contributed by atoms with Gasteiger partial charge >= 0.3 is 5.97 Å².